The molecule has 0 amide bonds. The number of epoxide rings is 1. The van der Waals surface area contributed by atoms with E-state index in [0.717, 1.165) is 0 Å². The summed E-state index contributed by atoms with van der Waals surface area (Å²) in [4.78, 5) is 0. The van der Waals surface area contributed by atoms with E-state index in [0.29, 0.717) is 37.3 Å². The van der Waals surface area contributed by atoms with Gasteiger partial charge in [-0.2, -0.15) is 0 Å². The Kier molecular flexibility index (Phi) is 2.67. The van der Waals surface area contributed by atoms with Crippen LogP contribution >= 0.6 is 0 Å². The highest BCUT2D eigenvalue weighted by atomic mass is 16.6. The van der Waals surface area contributed by atoms with E-state index in [9.17, 15) is 0 Å². The molecule has 86 valence electrons. The van der Waals surface area contributed by atoms with Crippen molar-refractivity contribution in [1.82, 2.24) is 0 Å². The Hall–Kier alpha value is -0.900. The van der Waals surface area contributed by atoms with Crippen LogP contribution in [0.3, 0.4) is 0 Å². The van der Waals surface area contributed by atoms with Crippen molar-refractivity contribution < 1.29 is 14.6 Å². The van der Waals surface area contributed by atoms with Gasteiger partial charge in [0.2, 0.25) is 0 Å². The van der Waals surface area contributed by atoms with E-state index in [1.807, 2.05) is 18.2 Å². The Balaban J connectivity index is 1.44. The van der Waals surface area contributed by atoms with Crippen LogP contribution in [-0.2, 0) is 16.1 Å². The minimum absolute atomic E-state index is 0.223. The molecule has 3 heteroatoms. The van der Waals surface area contributed by atoms with Crippen LogP contribution in [0.15, 0.2) is 30.3 Å². The lowest BCUT2D eigenvalue weighted by Gasteiger charge is -2.29. The summed E-state index contributed by atoms with van der Waals surface area (Å²) in [5.74, 6) is 0.708. The van der Waals surface area contributed by atoms with E-state index in [1.54, 1.807) is 0 Å². The third-order valence-electron chi connectivity index (χ3n) is 3.59. The van der Waals surface area contributed by atoms with Crippen LogP contribution in [0.5, 0.6) is 0 Å². The van der Waals surface area contributed by atoms with E-state index in [-0.39, 0.29) is 6.61 Å². The van der Waals surface area contributed by atoms with Crippen LogP contribution in [-0.4, -0.2) is 30.5 Å². The summed E-state index contributed by atoms with van der Waals surface area (Å²) in [7, 11) is 0. The summed E-state index contributed by atoms with van der Waals surface area (Å²) in [5, 5.41) is 9.13. The minimum atomic E-state index is 0.223. The molecular formula is C13H16O3. The van der Waals surface area contributed by atoms with Crippen LogP contribution < -0.4 is 0 Å². The van der Waals surface area contributed by atoms with Gasteiger partial charge in [0.15, 0.2) is 0 Å². The first-order valence-electron chi connectivity index (χ1n) is 5.78. The lowest BCUT2D eigenvalue weighted by molar-refractivity contribution is 0.0239. The van der Waals surface area contributed by atoms with Crippen molar-refractivity contribution in [2.24, 2.45) is 11.8 Å². The van der Waals surface area contributed by atoms with Crippen molar-refractivity contribution in [2.75, 3.05) is 13.2 Å². The predicted molar refractivity (Wildman–Crippen MR) is 58.8 cm³/mol. The topological polar surface area (TPSA) is 42.0 Å². The Labute approximate surface area is 95.0 Å². The van der Waals surface area contributed by atoms with E-state index in [4.69, 9.17) is 14.6 Å². The Bertz CT molecular complexity index is 351. The molecule has 0 aromatic heterocycles. The van der Waals surface area contributed by atoms with Gasteiger partial charge in [-0.05, 0) is 5.56 Å². The zero-order valence-electron chi connectivity index (χ0n) is 9.08. The number of ether oxygens (including phenoxy) is 2. The van der Waals surface area contributed by atoms with Crippen LogP contribution in [0, 0.1) is 11.8 Å². The van der Waals surface area contributed by atoms with Gasteiger partial charge in [0.05, 0.1) is 25.4 Å². The van der Waals surface area contributed by atoms with Crippen molar-refractivity contribution in [2.45, 2.75) is 18.8 Å². The van der Waals surface area contributed by atoms with Crippen LogP contribution in [0.25, 0.3) is 0 Å². The smallest absolute Gasteiger partial charge is 0.0900 e. The third-order valence-corrected chi connectivity index (χ3v) is 3.59. The standard InChI is InChI=1S/C13H16O3/c14-6-10-11(13-12(10)16-13)8-15-7-9-4-2-1-3-5-9/h1-5,10-14H,6-8H2/t10-,11+,12-,13+/m1/s1. The van der Waals surface area contributed by atoms with Gasteiger partial charge in [0.1, 0.15) is 0 Å². The van der Waals surface area contributed by atoms with Crippen molar-refractivity contribution in [1.29, 1.82) is 0 Å². The Morgan fingerprint density at radius 2 is 1.88 bits per heavy atom. The summed E-state index contributed by atoms with van der Waals surface area (Å²) in [6.07, 6.45) is 0.697. The number of aliphatic hydroxyl groups is 1. The van der Waals surface area contributed by atoms with Gasteiger partial charge in [-0.25, -0.2) is 0 Å². The lowest BCUT2D eigenvalue weighted by Crippen LogP contribution is -2.41. The fourth-order valence-electron chi connectivity index (χ4n) is 2.51. The van der Waals surface area contributed by atoms with Crippen molar-refractivity contribution in [3.63, 3.8) is 0 Å². The maximum absolute atomic E-state index is 9.13. The highest BCUT2D eigenvalue weighted by Crippen LogP contribution is 2.51. The molecule has 0 radical (unpaired) electrons. The van der Waals surface area contributed by atoms with E-state index in [1.165, 1.54) is 5.56 Å². The maximum Gasteiger partial charge on any atom is 0.0900 e. The van der Waals surface area contributed by atoms with Crippen molar-refractivity contribution >= 4 is 0 Å². The van der Waals surface area contributed by atoms with Gasteiger partial charge in [-0.15, -0.1) is 0 Å². The average molecular weight is 220 g/mol. The molecule has 1 aliphatic heterocycles. The van der Waals surface area contributed by atoms with Gasteiger partial charge < -0.3 is 14.6 Å². The number of benzene rings is 1. The second kappa shape index (κ2) is 4.17. The molecule has 0 unspecified atom stereocenters. The quantitative estimate of drug-likeness (QED) is 0.758. The Morgan fingerprint density at radius 1 is 1.12 bits per heavy atom. The monoisotopic (exact) mass is 220 g/mol. The normalized spacial score (nSPS) is 35.3. The summed E-state index contributed by atoms with van der Waals surface area (Å²) in [6, 6.07) is 10.1. The molecule has 0 bridgehead atoms. The average Bonchev–Trinajstić information content (AvgIpc) is 3.01. The molecule has 1 N–H and O–H groups in total. The molecule has 2 fully saturated rings. The summed E-state index contributed by atoms with van der Waals surface area (Å²) in [5.41, 5.74) is 1.19. The van der Waals surface area contributed by atoms with Crippen molar-refractivity contribution in [3.8, 4) is 0 Å². The Morgan fingerprint density at radius 3 is 2.62 bits per heavy atom. The molecule has 1 aromatic rings. The van der Waals surface area contributed by atoms with E-state index >= 15 is 0 Å². The molecule has 1 aromatic carbocycles. The van der Waals surface area contributed by atoms with Crippen LogP contribution in [0.2, 0.25) is 0 Å². The van der Waals surface area contributed by atoms with Crippen LogP contribution in [0.1, 0.15) is 5.56 Å². The SMILES string of the molecule is OC[C@@H]1[C@H](COCc2ccccc2)[C@@H]2O[C@H]12. The van der Waals surface area contributed by atoms with Crippen LogP contribution in [0.4, 0.5) is 0 Å². The zero-order valence-corrected chi connectivity index (χ0v) is 9.08. The molecule has 1 heterocycles. The predicted octanol–water partition coefficient (Wildman–Crippen LogP) is 1.21. The molecule has 1 saturated heterocycles. The second-order valence-corrected chi connectivity index (χ2v) is 4.58. The summed E-state index contributed by atoms with van der Waals surface area (Å²) >= 11 is 0. The maximum atomic E-state index is 9.13. The number of rotatable bonds is 5. The molecule has 0 spiro atoms. The first-order valence-corrected chi connectivity index (χ1v) is 5.78. The summed E-state index contributed by atoms with van der Waals surface area (Å²) < 4.78 is 11.1. The molecular weight excluding hydrogens is 204 g/mol. The van der Waals surface area contributed by atoms with Gasteiger partial charge in [-0.1, -0.05) is 30.3 Å². The lowest BCUT2D eigenvalue weighted by atomic mass is 9.75. The molecule has 3 rings (SSSR count). The number of aliphatic hydroxyl groups excluding tert-OH is 1. The first-order chi connectivity index (χ1) is 7.90. The first kappa shape index (κ1) is 10.3. The molecule has 4 atom stereocenters. The van der Waals surface area contributed by atoms with E-state index in [2.05, 4.69) is 12.1 Å². The summed E-state index contributed by atoms with van der Waals surface area (Å²) in [6.45, 7) is 1.56. The van der Waals surface area contributed by atoms with Gasteiger partial charge in [-0.3, -0.25) is 0 Å². The van der Waals surface area contributed by atoms with Crippen molar-refractivity contribution in [3.05, 3.63) is 35.9 Å². The molecule has 3 nitrogen and oxygen atoms in total. The zero-order chi connectivity index (χ0) is 11.0. The highest BCUT2D eigenvalue weighted by molar-refractivity contribution is 5.13. The molecule has 2 aliphatic rings. The van der Waals surface area contributed by atoms with Gasteiger partial charge >= 0.3 is 0 Å². The largest absolute Gasteiger partial charge is 0.396 e. The fourth-order valence-corrected chi connectivity index (χ4v) is 2.51. The number of hydrogen-bond acceptors (Lipinski definition) is 3. The fraction of sp³-hybridized carbons (Fsp3) is 0.538. The minimum Gasteiger partial charge on any atom is -0.396 e. The third kappa shape index (κ3) is 1.75. The number of hydrogen-bond donors (Lipinski definition) is 1. The molecule has 1 aliphatic carbocycles. The van der Waals surface area contributed by atoms with Gasteiger partial charge in [0, 0.05) is 18.4 Å². The molecule has 16 heavy (non-hydrogen) atoms. The highest BCUT2D eigenvalue weighted by Gasteiger charge is 2.63. The molecule has 1 saturated carbocycles. The van der Waals surface area contributed by atoms with E-state index < -0.39 is 0 Å². The van der Waals surface area contributed by atoms with Gasteiger partial charge in [0.25, 0.3) is 0 Å². The second-order valence-electron chi connectivity index (χ2n) is 4.58. The number of fused-ring (bicyclic) bond motifs is 1.